The van der Waals surface area contributed by atoms with Crippen LogP contribution in [-0.4, -0.2) is 37.1 Å². The third-order valence-electron chi connectivity index (χ3n) is 2.54. The van der Waals surface area contributed by atoms with E-state index < -0.39 is 6.10 Å². The number of nitrogens with one attached hydrogen (secondary N) is 1. The highest BCUT2D eigenvalue weighted by Gasteiger charge is 2.08. The summed E-state index contributed by atoms with van der Waals surface area (Å²) >= 11 is 1.69. The Hall–Kier alpha value is -1.20. The van der Waals surface area contributed by atoms with Crippen molar-refractivity contribution in [3.05, 3.63) is 24.3 Å². The van der Waals surface area contributed by atoms with E-state index in [0.29, 0.717) is 13.0 Å². The minimum absolute atomic E-state index is 0.241. The van der Waals surface area contributed by atoms with E-state index in [-0.39, 0.29) is 12.4 Å². The Morgan fingerprint density at radius 1 is 1.44 bits per heavy atom. The molecule has 0 saturated carbocycles. The van der Waals surface area contributed by atoms with Crippen molar-refractivity contribution in [2.75, 3.05) is 25.2 Å². The van der Waals surface area contributed by atoms with E-state index in [4.69, 9.17) is 0 Å². The normalized spacial score (nSPS) is 11.9. The summed E-state index contributed by atoms with van der Waals surface area (Å²) in [6.07, 6.45) is 2.12. The molecule has 0 bridgehead atoms. The molecule has 18 heavy (non-hydrogen) atoms. The number of rotatable bonds is 7. The van der Waals surface area contributed by atoms with Gasteiger partial charge in [-0.05, 0) is 36.9 Å². The SMILES string of the molecule is COC(=O)CCC(O)CNc1ccc(SC)cc1. The molecule has 0 aromatic heterocycles. The lowest BCUT2D eigenvalue weighted by atomic mass is 10.2. The van der Waals surface area contributed by atoms with Crippen LogP contribution in [0.2, 0.25) is 0 Å². The molecule has 100 valence electrons. The van der Waals surface area contributed by atoms with Crippen molar-refractivity contribution in [2.45, 2.75) is 23.8 Å². The summed E-state index contributed by atoms with van der Waals surface area (Å²) in [7, 11) is 1.35. The van der Waals surface area contributed by atoms with Crippen LogP contribution < -0.4 is 5.32 Å². The molecule has 0 aliphatic heterocycles. The van der Waals surface area contributed by atoms with Crippen molar-refractivity contribution >= 4 is 23.4 Å². The molecule has 0 heterocycles. The second-order valence-electron chi connectivity index (χ2n) is 3.88. The number of anilines is 1. The number of esters is 1. The number of benzene rings is 1. The molecule has 2 N–H and O–H groups in total. The molecule has 0 fully saturated rings. The van der Waals surface area contributed by atoms with Gasteiger partial charge in [0, 0.05) is 23.5 Å². The van der Waals surface area contributed by atoms with Gasteiger partial charge in [0.1, 0.15) is 0 Å². The quantitative estimate of drug-likeness (QED) is 0.586. The number of ether oxygens (including phenoxy) is 1. The van der Waals surface area contributed by atoms with Crippen LogP contribution in [0.4, 0.5) is 5.69 Å². The zero-order chi connectivity index (χ0) is 13.4. The minimum atomic E-state index is -0.552. The molecule has 0 saturated heterocycles. The number of thioether (sulfide) groups is 1. The van der Waals surface area contributed by atoms with Gasteiger partial charge in [-0.25, -0.2) is 0 Å². The number of methoxy groups -OCH3 is 1. The molecule has 4 nitrogen and oxygen atoms in total. The van der Waals surface area contributed by atoms with Crippen molar-refractivity contribution in [2.24, 2.45) is 0 Å². The van der Waals surface area contributed by atoms with Crippen molar-refractivity contribution < 1.29 is 14.6 Å². The van der Waals surface area contributed by atoms with Gasteiger partial charge in [-0.2, -0.15) is 0 Å². The standard InChI is InChI=1S/C13H19NO3S/c1-17-13(16)8-5-11(15)9-14-10-3-6-12(18-2)7-4-10/h3-4,6-7,11,14-15H,5,8-9H2,1-2H3. The van der Waals surface area contributed by atoms with Gasteiger partial charge >= 0.3 is 5.97 Å². The van der Waals surface area contributed by atoms with Crippen LogP contribution in [0.15, 0.2) is 29.2 Å². The summed E-state index contributed by atoms with van der Waals surface area (Å²) in [6.45, 7) is 0.426. The van der Waals surface area contributed by atoms with Crippen molar-refractivity contribution in [3.63, 3.8) is 0 Å². The number of hydrogen-bond donors (Lipinski definition) is 2. The van der Waals surface area contributed by atoms with Crippen LogP contribution in [0.5, 0.6) is 0 Å². The molecule has 0 aliphatic rings. The van der Waals surface area contributed by atoms with Gasteiger partial charge < -0.3 is 15.2 Å². The first kappa shape index (κ1) is 14.9. The van der Waals surface area contributed by atoms with Crippen molar-refractivity contribution in [1.29, 1.82) is 0 Å². The molecule has 0 aliphatic carbocycles. The lowest BCUT2D eigenvalue weighted by Crippen LogP contribution is -2.20. The van der Waals surface area contributed by atoms with Crippen LogP contribution >= 0.6 is 11.8 Å². The lowest BCUT2D eigenvalue weighted by molar-refractivity contribution is -0.141. The summed E-state index contributed by atoms with van der Waals surface area (Å²) in [4.78, 5) is 12.1. The zero-order valence-electron chi connectivity index (χ0n) is 10.7. The number of aliphatic hydroxyl groups is 1. The van der Waals surface area contributed by atoms with E-state index in [0.717, 1.165) is 5.69 Å². The van der Waals surface area contributed by atoms with E-state index in [1.165, 1.54) is 12.0 Å². The zero-order valence-corrected chi connectivity index (χ0v) is 11.5. The Kier molecular flexibility index (Phi) is 6.60. The number of carbonyl (C=O) groups excluding carboxylic acids is 1. The van der Waals surface area contributed by atoms with Gasteiger partial charge in [0.05, 0.1) is 13.2 Å². The molecular formula is C13H19NO3S. The molecule has 1 atom stereocenters. The molecule has 0 radical (unpaired) electrons. The Morgan fingerprint density at radius 2 is 2.11 bits per heavy atom. The van der Waals surface area contributed by atoms with Gasteiger partial charge in [-0.1, -0.05) is 0 Å². The third-order valence-corrected chi connectivity index (χ3v) is 3.28. The maximum Gasteiger partial charge on any atom is 0.305 e. The Bertz CT molecular complexity index is 367. The lowest BCUT2D eigenvalue weighted by Gasteiger charge is -2.12. The fourth-order valence-corrected chi connectivity index (χ4v) is 1.84. The topological polar surface area (TPSA) is 58.6 Å². The fraction of sp³-hybridized carbons (Fsp3) is 0.462. The summed E-state index contributed by atoms with van der Waals surface area (Å²) in [6, 6.07) is 7.99. The number of carbonyl (C=O) groups is 1. The van der Waals surface area contributed by atoms with Crippen LogP contribution in [0.25, 0.3) is 0 Å². The Morgan fingerprint density at radius 3 is 2.67 bits per heavy atom. The largest absolute Gasteiger partial charge is 0.469 e. The Balaban J connectivity index is 2.28. The minimum Gasteiger partial charge on any atom is -0.469 e. The smallest absolute Gasteiger partial charge is 0.305 e. The summed E-state index contributed by atoms with van der Waals surface area (Å²) in [5.41, 5.74) is 0.963. The molecule has 0 amide bonds. The molecule has 5 heteroatoms. The van der Waals surface area contributed by atoms with Gasteiger partial charge in [-0.15, -0.1) is 11.8 Å². The fourth-order valence-electron chi connectivity index (χ4n) is 1.43. The van der Waals surface area contributed by atoms with Crippen LogP contribution in [0, 0.1) is 0 Å². The second-order valence-corrected chi connectivity index (χ2v) is 4.76. The first-order valence-corrected chi connectivity index (χ1v) is 7.01. The maximum atomic E-state index is 10.9. The molecule has 0 spiro atoms. The van der Waals surface area contributed by atoms with E-state index in [1.54, 1.807) is 11.8 Å². The molecule has 1 rings (SSSR count). The number of aliphatic hydroxyl groups excluding tert-OH is 1. The van der Waals surface area contributed by atoms with Gasteiger partial charge in [-0.3, -0.25) is 4.79 Å². The molecule has 1 aromatic carbocycles. The van der Waals surface area contributed by atoms with E-state index in [2.05, 4.69) is 10.1 Å². The first-order valence-electron chi connectivity index (χ1n) is 5.78. The average molecular weight is 269 g/mol. The Labute approximate surface area is 112 Å². The first-order chi connectivity index (χ1) is 8.65. The van der Waals surface area contributed by atoms with Gasteiger partial charge in [0.25, 0.3) is 0 Å². The highest BCUT2D eigenvalue weighted by Crippen LogP contribution is 2.17. The van der Waals surface area contributed by atoms with E-state index in [1.807, 2.05) is 30.5 Å². The molecule has 1 aromatic rings. The predicted molar refractivity (Wildman–Crippen MR) is 74.0 cm³/mol. The predicted octanol–water partition coefficient (Wildman–Crippen LogP) is 2.13. The summed E-state index contributed by atoms with van der Waals surface area (Å²) in [5, 5.41) is 12.8. The van der Waals surface area contributed by atoms with Gasteiger partial charge in [0.15, 0.2) is 0 Å². The molecule has 1 unspecified atom stereocenters. The second kappa shape index (κ2) is 8.00. The van der Waals surface area contributed by atoms with E-state index in [9.17, 15) is 9.90 Å². The van der Waals surface area contributed by atoms with Crippen LogP contribution in [0.3, 0.4) is 0 Å². The highest BCUT2D eigenvalue weighted by atomic mass is 32.2. The van der Waals surface area contributed by atoms with Crippen molar-refractivity contribution in [1.82, 2.24) is 0 Å². The van der Waals surface area contributed by atoms with Crippen LogP contribution in [-0.2, 0) is 9.53 Å². The van der Waals surface area contributed by atoms with Crippen molar-refractivity contribution in [3.8, 4) is 0 Å². The average Bonchev–Trinajstić information content (AvgIpc) is 2.42. The monoisotopic (exact) mass is 269 g/mol. The highest BCUT2D eigenvalue weighted by molar-refractivity contribution is 7.98. The summed E-state index contributed by atoms with van der Waals surface area (Å²) in [5.74, 6) is -0.293. The molecular weight excluding hydrogens is 250 g/mol. The van der Waals surface area contributed by atoms with Crippen LogP contribution in [0.1, 0.15) is 12.8 Å². The third kappa shape index (κ3) is 5.42. The van der Waals surface area contributed by atoms with E-state index >= 15 is 0 Å². The maximum absolute atomic E-state index is 10.9. The number of hydrogen-bond acceptors (Lipinski definition) is 5. The van der Waals surface area contributed by atoms with Gasteiger partial charge in [0.2, 0.25) is 0 Å². The summed E-state index contributed by atoms with van der Waals surface area (Å²) < 4.78 is 4.52.